The van der Waals surface area contributed by atoms with Gasteiger partial charge in [0.1, 0.15) is 5.82 Å². The fraction of sp³-hybridized carbons (Fsp3) is 0.0833. The molecular formula is C12H10N4O. The summed E-state index contributed by atoms with van der Waals surface area (Å²) in [5, 5.41) is 2.78. The van der Waals surface area contributed by atoms with Crippen LogP contribution >= 0.6 is 0 Å². The molecule has 0 radical (unpaired) electrons. The van der Waals surface area contributed by atoms with Gasteiger partial charge in [0.25, 0.3) is 5.91 Å². The van der Waals surface area contributed by atoms with Crippen LogP contribution < -0.4 is 11.1 Å². The van der Waals surface area contributed by atoms with Crippen molar-refractivity contribution in [2.45, 2.75) is 6.54 Å². The number of anilines is 1. The third-order valence-corrected chi connectivity index (χ3v) is 2.76. The highest BCUT2D eigenvalue weighted by atomic mass is 16.1. The van der Waals surface area contributed by atoms with Crippen LogP contribution in [-0.4, -0.2) is 15.9 Å². The lowest BCUT2D eigenvalue weighted by atomic mass is 10.0. The van der Waals surface area contributed by atoms with Gasteiger partial charge >= 0.3 is 0 Å². The maximum Gasteiger partial charge on any atom is 0.251 e. The van der Waals surface area contributed by atoms with E-state index in [2.05, 4.69) is 15.3 Å². The number of nitrogens with two attached hydrogens (primary N) is 1. The van der Waals surface area contributed by atoms with E-state index in [-0.39, 0.29) is 5.91 Å². The molecule has 0 unspecified atom stereocenters. The van der Waals surface area contributed by atoms with E-state index >= 15 is 0 Å². The molecular weight excluding hydrogens is 216 g/mol. The lowest BCUT2D eigenvalue weighted by Gasteiger charge is -2.02. The second-order valence-corrected chi connectivity index (χ2v) is 3.88. The Bertz CT molecular complexity index is 592. The summed E-state index contributed by atoms with van der Waals surface area (Å²) < 4.78 is 0. The van der Waals surface area contributed by atoms with Gasteiger partial charge in [0.2, 0.25) is 0 Å². The Kier molecular flexibility index (Phi) is 2.04. The monoisotopic (exact) mass is 226 g/mol. The van der Waals surface area contributed by atoms with Crippen molar-refractivity contribution >= 4 is 11.7 Å². The summed E-state index contributed by atoms with van der Waals surface area (Å²) >= 11 is 0. The molecule has 17 heavy (non-hydrogen) atoms. The van der Waals surface area contributed by atoms with Crippen LogP contribution in [0.15, 0.2) is 30.6 Å². The highest BCUT2D eigenvalue weighted by Crippen LogP contribution is 2.23. The van der Waals surface area contributed by atoms with Crippen molar-refractivity contribution in [3.63, 3.8) is 0 Å². The molecule has 1 aliphatic heterocycles. The molecule has 0 bridgehead atoms. The minimum Gasteiger partial charge on any atom is -0.382 e. The first-order chi connectivity index (χ1) is 8.24. The van der Waals surface area contributed by atoms with Crippen LogP contribution in [0.25, 0.3) is 11.3 Å². The number of hydrogen-bond donors (Lipinski definition) is 2. The van der Waals surface area contributed by atoms with E-state index in [4.69, 9.17) is 5.73 Å². The molecule has 2 heterocycles. The Morgan fingerprint density at radius 2 is 2.12 bits per heavy atom. The molecule has 0 fully saturated rings. The van der Waals surface area contributed by atoms with Crippen molar-refractivity contribution in [2.75, 3.05) is 5.73 Å². The number of amides is 1. The molecule has 2 aromatic rings. The summed E-state index contributed by atoms with van der Waals surface area (Å²) in [4.78, 5) is 19.6. The molecule has 84 valence electrons. The van der Waals surface area contributed by atoms with E-state index in [0.717, 1.165) is 22.4 Å². The zero-order chi connectivity index (χ0) is 11.8. The normalized spacial score (nSPS) is 13.3. The zero-order valence-corrected chi connectivity index (χ0v) is 8.97. The number of hydrogen-bond acceptors (Lipinski definition) is 4. The van der Waals surface area contributed by atoms with Crippen molar-refractivity contribution in [1.82, 2.24) is 15.3 Å². The third-order valence-electron chi connectivity index (χ3n) is 2.76. The first kappa shape index (κ1) is 9.77. The number of nitrogens with one attached hydrogen (secondary N) is 1. The Labute approximate surface area is 97.7 Å². The highest BCUT2D eigenvalue weighted by molar-refractivity contribution is 5.98. The second kappa shape index (κ2) is 3.55. The van der Waals surface area contributed by atoms with E-state index in [1.54, 1.807) is 6.20 Å². The number of carbonyl (C=O) groups is 1. The standard InChI is InChI=1S/C12H10N4O/c13-11-6-14-10(5-15-11)7-1-2-9-8(3-7)4-16-12(9)17/h1-3,5-6H,4H2,(H2,13,15)(H,16,17). The lowest BCUT2D eigenvalue weighted by molar-refractivity contribution is 0.0966. The predicted octanol–water partition coefficient (Wildman–Crippen LogP) is 0.969. The largest absolute Gasteiger partial charge is 0.382 e. The molecule has 0 spiro atoms. The highest BCUT2D eigenvalue weighted by Gasteiger charge is 2.18. The molecule has 0 saturated carbocycles. The number of nitrogen functional groups attached to an aromatic ring is 1. The van der Waals surface area contributed by atoms with Gasteiger partial charge in [0, 0.05) is 17.7 Å². The number of fused-ring (bicyclic) bond motifs is 1. The minimum atomic E-state index is -0.0186. The van der Waals surface area contributed by atoms with E-state index in [0.29, 0.717) is 12.4 Å². The van der Waals surface area contributed by atoms with Crippen molar-refractivity contribution in [3.05, 3.63) is 41.7 Å². The fourth-order valence-electron chi connectivity index (χ4n) is 1.88. The second-order valence-electron chi connectivity index (χ2n) is 3.88. The summed E-state index contributed by atoms with van der Waals surface area (Å²) in [5.41, 5.74) is 8.90. The molecule has 5 nitrogen and oxygen atoms in total. The van der Waals surface area contributed by atoms with Gasteiger partial charge in [0.15, 0.2) is 0 Å². The predicted molar refractivity (Wildman–Crippen MR) is 63.1 cm³/mol. The van der Waals surface area contributed by atoms with Crippen LogP contribution in [0.5, 0.6) is 0 Å². The van der Waals surface area contributed by atoms with Gasteiger partial charge in [-0.25, -0.2) is 4.98 Å². The maximum absolute atomic E-state index is 11.4. The molecule has 5 heteroatoms. The number of aromatic nitrogens is 2. The van der Waals surface area contributed by atoms with Crippen LogP contribution in [0.3, 0.4) is 0 Å². The number of rotatable bonds is 1. The zero-order valence-electron chi connectivity index (χ0n) is 8.97. The molecule has 0 aliphatic carbocycles. The smallest absolute Gasteiger partial charge is 0.251 e. The van der Waals surface area contributed by atoms with Gasteiger partial charge in [-0.2, -0.15) is 0 Å². The Balaban J connectivity index is 2.05. The summed E-state index contributed by atoms with van der Waals surface area (Å²) in [7, 11) is 0. The quantitative estimate of drug-likeness (QED) is 0.759. The first-order valence-electron chi connectivity index (χ1n) is 5.23. The van der Waals surface area contributed by atoms with Gasteiger partial charge in [-0.3, -0.25) is 9.78 Å². The Morgan fingerprint density at radius 1 is 1.24 bits per heavy atom. The molecule has 1 aromatic carbocycles. The summed E-state index contributed by atoms with van der Waals surface area (Å²) in [6.45, 7) is 0.574. The van der Waals surface area contributed by atoms with Crippen molar-refractivity contribution in [2.24, 2.45) is 0 Å². The van der Waals surface area contributed by atoms with Gasteiger partial charge in [-0.15, -0.1) is 0 Å². The van der Waals surface area contributed by atoms with E-state index < -0.39 is 0 Å². The SMILES string of the molecule is Nc1cnc(-c2ccc3c(c2)CNC3=O)cn1. The Morgan fingerprint density at radius 3 is 2.88 bits per heavy atom. The summed E-state index contributed by atoms with van der Waals surface area (Å²) in [5.74, 6) is 0.377. The maximum atomic E-state index is 11.4. The Hall–Kier alpha value is -2.43. The van der Waals surface area contributed by atoms with Crippen LogP contribution in [0.4, 0.5) is 5.82 Å². The van der Waals surface area contributed by atoms with Gasteiger partial charge in [-0.05, 0) is 17.7 Å². The fourth-order valence-corrected chi connectivity index (χ4v) is 1.88. The number of benzene rings is 1. The molecule has 1 aromatic heterocycles. The topological polar surface area (TPSA) is 80.9 Å². The molecule has 0 saturated heterocycles. The number of nitrogens with zero attached hydrogens (tertiary/aromatic N) is 2. The molecule has 1 aliphatic rings. The molecule has 1 amide bonds. The molecule has 3 N–H and O–H groups in total. The average Bonchev–Trinajstić information content (AvgIpc) is 2.72. The van der Waals surface area contributed by atoms with E-state index in [1.165, 1.54) is 6.20 Å². The van der Waals surface area contributed by atoms with Gasteiger partial charge < -0.3 is 11.1 Å². The van der Waals surface area contributed by atoms with Crippen LogP contribution in [0, 0.1) is 0 Å². The minimum absolute atomic E-state index is 0.0186. The van der Waals surface area contributed by atoms with Crippen molar-refractivity contribution < 1.29 is 4.79 Å². The molecule has 0 atom stereocenters. The van der Waals surface area contributed by atoms with Crippen LogP contribution in [0.2, 0.25) is 0 Å². The van der Waals surface area contributed by atoms with Gasteiger partial charge in [-0.1, -0.05) is 6.07 Å². The lowest BCUT2D eigenvalue weighted by Crippen LogP contribution is -2.12. The number of carbonyl (C=O) groups excluding carboxylic acids is 1. The van der Waals surface area contributed by atoms with Crippen molar-refractivity contribution in [1.29, 1.82) is 0 Å². The van der Waals surface area contributed by atoms with E-state index in [9.17, 15) is 4.79 Å². The van der Waals surface area contributed by atoms with Gasteiger partial charge in [0.05, 0.1) is 18.1 Å². The molecule has 3 rings (SSSR count). The van der Waals surface area contributed by atoms with E-state index in [1.807, 2.05) is 18.2 Å². The van der Waals surface area contributed by atoms with Crippen molar-refractivity contribution in [3.8, 4) is 11.3 Å². The van der Waals surface area contributed by atoms with Crippen LogP contribution in [-0.2, 0) is 6.54 Å². The average molecular weight is 226 g/mol. The third kappa shape index (κ3) is 1.61. The summed E-state index contributed by atoms with van der Waals surface area (Å²) in [6.07, 6.45) is 3.15. The summed E-state index contributed by atoms with van der Waals surface area (Å²) in [6, 6.07) is 5.63. The van der Waals surface area contributed by atoms with Crippen LogP contribution in [0.1, 0.15) is 15.9 Å². The first-order valence-corrected chi connectivity index (χ1v) is 5.23.